The van der Waals surface area contributed by atoms with Gasteiger partial charge in [0.25, 0.3) is 0 Å². The Labute approximate surface area is 100 Å². The summed E-state index contributed by atoms with van der Waals surface area (Å²) in [7, 11) is 0. The minimum atomic E-state index is -0.887. The van der Waals surface area contributed by atoms with Crippen LogP contribution in [0.4, 0.5) is 0 Å². The molecule has 0 bridgehead atoms. The lowest BCUT2D eigenvalue weighted by molar-refractivity contribution is -0.132. The van der Waals surface area contributed by atoms with Crippen molar-refractivity contribution in [1.82, 2.24) is 10.5 Å². The molecule has 17 heavy (non-hydrogen) atoms. The van der Waals surface area contributed by atoms with E-state index in [4.69, 9.17) is 0 Å². The van der Waals surface area contributed by atoms with E-state index in [9.17, 15) is 9.90 Å². The lowest BCUT2D eigenvalue weighted by Gasteiger charge is -2.25. The molecule has 1 aromatic heterocycles. The van der Waals surface area contributed by atoms with Gasteiger partial charge < -0.3 is 14.9 Å². The molecule has 2 N–H and O–H groups in total. The first-order chi connectivity index (χ1) is 8.27. The molecular formula is C12H18N2O3. The molecule has 5 heteroatoms. The summed E-state index contributed by atoms with van der Waals surface area (Å²) >= 11 is 0. The Bertz CT molecular complexity index is 345. The summed E-state index contributed by atoms with van der Waals surface area (Å²) in [6.45, 7) is 0.305. The number of aliphatic hydroxyl groups excluding tert-OH is 1. The Kier molecular flexibility index (Phi) is 4.14. The number of hydrogen-bond acceptors (Lipinski definition) is 4. The molecule has 1 saturated carbocycles. The number of amides is 1. The monoisotopic (exact) mass is 238 g/mol. The quantitative estimate of drug-likeness (QED) is 0.827. The molecular weight excluding hydrogens is 220 g/mol. The smallest absolute Gasteiger partial charge is 0.249 e. The third-order valence-corrected chi connectivity index (χ3v) is 3.30. The Balaban J connectivity index is 1.78. The molecule has 0 spiro atoms. The molecule has 1 heterocycles. The van der Waals surface area contributed by atoms with Crippen molar-refractivity contribution in [2.24, 2.45) is 5.92 Å². The maximum absolute atomic E-state index is 11.7. The van der Waals surface area contributed by atoms with Crippen molar-refractivity contribution in [3.05, 3.63) is 18.0 Å². The van der Waals surface area contributed by atoms with Crippen LogP contribution in [0.1, 0.15) is 37.8 Å². The van der Waals surface area contributed by atoms with E-state index >= 15 is 0 Å². The minimum Gasteiger partial charge on any atom is -0.383 e. The number of carbonyl (C=O) groups excluding carboxylic acids is 1. The third kappa shape index (κ3) is 3.30. The average molecular weight is 238 g/mol. The van der Waals surface area contributed by atoms with Crippen molar-refractivity contribution in [1.29, 1.82) is 0 Å². The maximum atomic E-state index is 11.7. The van der Waals surface area contributed by atoms with E-state index in [1.807, 2.05) is 0 Å². The highest BCUT2D eigenvalue weighted by Crippen LogP contribution is 2.26. The summed E-state index contributed by atoms with van der Waals surface area (Å²) in [6.07, 6.45) is 5.89. The van der Waals surface area contributed by atoms with Gasteiger partial charge in [0.05, 0.1) is 6.54 Å². The van der Waals surface area contributed by atoms with E-state index in [-0.39, 0.29) is 11.8 Å². The molecule has 0 aliphatic heterocycles. The van der Waals surface area contributed by atoms with E-state index in [1.54, 1.807) is 6.07 Å². The Morgan fingerprint density at radius 2 is 2.29 bits per heavy atom. The first-order valence-electron chi connectivity index (χ1n) is 6.12. The SMILES string of the molecule is O=C(NCc1ccon1)[C@@H](O)C1CCCCC1. The molecule has 0 aromatic carbocycles. The first kappa shape index (κ1) is 12.1. The lowest BCUT2D eigenvalue weighted by Crippen LogP contribution is -2.39. The van der Waals surface area contributed by atoms with Gasteiger partial charge in [-0.05, 0) is 18.8 Å². The van der Waals surface area contributed by atoms with E-state index in [2.05, 4.69) is 15.0 Å². The molecule has 0 radical (unpaired) electrons. The minimum absolute atomic E-state index is 0.112. The fraction of sp³-hybridized carbons (Fsp3) is 0.667. The predicted octanol–water partition coefficient (Wildman–Crippen LogP) is 1.23. The molecule has 1 aliphatic carbocycles. The van der Waals surface area contributed by atoms with Crippen LogP contribution in [0.3, 0.4) is 0 Å². The Morgan fingerprint density at radius 3 is 2.94 bits per heavy atom. The summed E-state index contributed by atoms with van der Waals surface area (Å²) in [6, 6.07) is 1.69. The fourth-order valence-corrected chi connectivity index (χ4v) is 2.27. The second kappa shape index (κ2) is 5.82. The zero-order valence-corrected chi connectivity index (χ0v) is 9.76. The number of nitrogens with one attached hydrogen (secondary N) is 1. The molecule has 1 amide bonds. The molecule has 94 valence electrons. The van der Waals surface area contributed by atoms with Crippen LogP contribution < -0.4 is 5.32 Å². The number of rotatable bonds is 4. The van der Waals surface area contributed by atoms with Crippen molar-refractivity contribution >= 4 is 5.91 Å². The van der Waals surface area contributed by atoms with Gasteiger partial charge in [0, 0.05) is 6.07 Å². The van der Waals surface area contributed by atoms with Gasteiger partial charge in [0.1, 0.15) is 18.1 Å². The zero-order chi connectivity index (χ0) is 12.1. The van der Waals surface area contributed by atoms with Gasteiger partial charge >= 0.3 is 0 Å². The van der Waals surface area contributed by atoms with Gasteiger partial charge in [-0.1, -0.05) is 24.4 Å². The molecule has 0 unspecified atom stereocenters. The van der Waals surface area contributed by atoms with Crippen LogP contribution in [-0.4, -0.2) is 22.3 Å². The van der Waals surface area contributed by atoms with Gasteiger partial charge in [-0.25, -0.2) is 0 Å². The predicted molar refractivity (Wildman–Crippen MR) is 60.9 cm³/mol. The van der Waals surface area contributed by atoms with Crippen molar-refractivity contribution in [3.63, 3.8) is 0 Å². The van der Waals surface area contributed by atoms with Gasteiger partial charge in [0.2, 0.25) is 5.91 Å². The van der Waals surface area contributed by atoms with Crippen molar-refractivity contribution in [2.45, 2.75) is 44.8 Å². The van der Waals surface area contributed by atoms with Crippen LogP contribution in [0.25, 0.3) is 0 Å². The highest BCUT2D eigenvalue weighted by atomic mass is 16.5. The molecule has 5 nitrogen and oxygen atoms in total. The van der Waals surface area contributed by atoms with E-state index in [0.717, 1.165) is 25.7 Å². The van der Waals surface area contributed by atoms with E-state index < -0.39 is 6.10 Å². The van der Waals surface area contributed by atoms with Crippen LogP contribution in [0.15, 0.2) is 16.9 Å². The van der Waals surface area contributed by atoms with Crippen LogP contribution in [0.2, 0.25) is 0 Å². The number of carbonyl (C=O) groups is 1. The van der Waals surface area contributed by atoms with Crippen LogP contribution in [0, 0.1) is 5.92 Å². The Hall–Kier alpha value is -1.36. The summed E-state index contributed by atoms with van der Waals surface area (Å²) in [5.74, 6) is -0.194. The Morgan fingerprint density at radius 1 is 1.53 bits per heavy atom. The molecule has 1 atom stereocenters. The maximum Gasteiger partial charge on any atom is 0.249 e. The van der Waals surface area contributed by atoms with Crippen LogP contribution in [-0.2, 0) is 11.3 Å². The highest BCUT2D eigenvalue weighted by Gasteiger charge is 2.27. The molecule has 2 rings (SSSR count). The number of aromatic nitrogens is 1. The van der Waals surface area contributed by atoms with Gasteiger partial charge in [-0.15, -0.1) is 0 Å². The summed E-state index contributed by atoms with van der Waals surface area (Å²) in [5.41, 5.74) is 0.661. The summed E-state index contributed by atoms with van der Waals surface area (Å²) < 4.78 is 4.66. The first-order valence-corrected chi connectivity index (χ1v) is 6.12. The van der Waals surface area contributed by atoms with Gasteiger partial charge in [0.15, 0.2) is 0 Å². The topological polar surface area (TPSA) is 75.4 Å². The van der Waals surface area contributed by atoms with Gasteiger partial charge in [-0.2, -0.15) is 0 Å². The number of aliphatic hydroxyl groups is 1. The normalized spacial score (nSPS) is 18.9. The molecule has 1 fully saturated rings. The van der Waals surface area contributed by atoms with Crippen molar-refractivity contribution < 1.29 is 14.4 Å². The van der Waals surface area contributed by atoms with Gasteiger partial charge in [-0.3, -0.25) is 4.79 Å². The largest absolute Gasteiger partial charge is 0.383 e. The van der Waals surface area contributed by atoms with Crippen molar-refractivity contribution in [2.75, 3.05) is 0 Å². The van der Waals surface area contributed by atoms with E-state index in [0.29, 0.717) is 12.2 Å². The second-order valence-electron chi connectivity index (χ2n) is 4.55. The number of hydrogen-bond donors (Lipinski definition) is 2. The van der Waals surface area contributed by atoms with E-state index in [1.165, 1.54) is 12.7 Å². The molecule has 0 saturated heterocycles. The number of nitrogens with zero attached hydrogens (tertiary/aromatic N) is 1. The fourth-order valence-electron chi connectivity index (χ4n) is 2.27. The lowest BCUT2D eigenvalue weighted by atomic mass is 9.85. The molecule has 1 aromatic rings. The van der Waals surface area contributed by atoms with Crippen molar-refractivity contribution in [3.8, 4) is 0 Å². The third-order valence-electron chi connectivity index (χ3n) is 3.30. The zero-order valence-electron chi connectivity index (χ0n) is 9.76. The average Bonchev–Trinajstić information content (AvgIpc) is 2.89. The molecule has 1 aliphatic rings. The van der Waals surface area contributed by atoms with Crippen LogP contribution >= 0.6 is 0 Å². The second-order valence-corrected chi connectivity index (χ2v) is 4.55. The summed E-state index contributed by atoms with van der Waals surface area (Å²) in [4.78, 5) is 11.7. The highest BCUT2D eigenvalue weighted by molar-refractivity contribution is 5.80. The van der Waals surface area contributed by atoms with Crippen LogP contribution in [0.5, 0.6) is 0 Å². The standard InChI is InChI=1S/C12H18N2O3/c15-11(9-4-2-1-3-5-9)12(16)13-8-10-6-7-17-14-10/h6-7,9,11,15H,1-5,8H2,(H,13,16)/t11-/m0/s1. The summed E-state index contributed by atoms with van der Waals surface area (Å²) in [5, 5.41) is 16.3.